The quantitative estimate of drug-likeness (QED) is 0.875. The number of rotatable bonds is 5. The number of hydrogen-bond acceptors (Lipinski definition) is 2. The second kappa shape index (κ2) is 7.81. The van der Waals surface area contributed by atoms with E-state index in [4.69, 9.17) is 0 Å². The van der Waals surface area contributed by atoms with Gasteiger partial charge in [0.1, 0.15) is 0 Å². The van der Waals surface area contributed by atoms with Gasteiger partial charge in [-0.3, -0.25) is 9.59 Å². The minimum absolute atomic E-state index is 0.0599. The summed E-state index contributed by atoms with van der Waals surface area (Å²) in [5.41, 5.74) is 1.67. The maximum Gasteiger partial charge on any atom is 0.251 e. The monoisotopic (exact) mass is 288 g/mol. The standard InChI is InChI=1S/C17H24N2O2/c1-2-18-16(20)15-10-8-13(9-11-15)12-19-17(21)14-6-4-3-5-7-14/h8-11,14H,2-7,12H2,1H3,(H,18,20)(H,19,21). The van der Waals surface area contributed by atoms with Gasteiger partial charge in [0.05, 0.1) is 0 Å². The van der Waals surface area contributed by atoms with Crippen LogP contribution in [-0.2, 0) is 11.3 Å². The Morgan fingerprint density at radius 2 is 1.71 bits per heavy atom. The summed E-state index contributed by atoms with van der Waals surface area (Å²) in [5, 5.41) is 5.77. The van der Waals surface area contributed by atoms with E-state index in [0.29, 0.717) is 18.7 Å². The smallest absolute Gasteiger partial charge is 0.251 e. The lowest BCUT2D eigenvalue weighted by atomic mass is 9.88. The Bertz CT molecular complexity index is 476. The number of nitrogens with one attached hydrogen (secondary N) is 2. The maximum atomic E-state index is 12.1. The van der Waals surface area contributed by atoms with Crippen LogP contribution < -0.4 is 10.6 Å². The van der Waals surface area contributed by atoms with Crippen LogP contribution in [0, 0.1) is 5.92 Å². The summed E-state index contributed by atoms with van der Waals surface area (Å²) in [5.74, 6) is 0.297. The Balaban J connectivity index is 1.83. The highest BCUT2D eigenvalue weighted by Gasteiger charge is 2.20. The summed E-state index contributed by atoms with van der Waals surface area (Å²) in [7, 11) is 0. The highest BCUT2D eigenvalue weighted by Crippen LogP contribution is 2.23. The average molecular weight is 288 g/mol. The van der Waals surface area contributed by atoms with Gasteiger partial charge >= 0.3 is 0 Å². The third-order valence-corrected chi connectivity index (χ3v) is 4.00. The molecule has 4 heteroatoms. The maximum absolute atomic E-state index is 12.1. The lowest BCUT2D eigenvalue weighted by Gasteiger charge is -2.20. The minimum Gasteiger partial charge on any atom is -0.352 e. The second-order valence-electron chi connectivity index (χ2n) is 5.61. The van der Waals surface area contributed by atoms with Crippen LogP contribution in [0.25, 0.3) is 0 Å². The van der Waals surface area contributed by atoms with Gasteiger partial charge in [-0.2, -0.15) is 0 Å². The van der Waals surface area contributed by atoms with Crippen LogP contribution >= 0.6 is 0 Å². The van der Waals surface area contributed by atoms with E-state index < -0.39 is 0 Å². The van der Waals surface area contributed by atoms with Gasteiger partial charge in [0, 0.05) is 24.6 Å². The summed E-state index contributed by atoms with van der Waals surface area (Å²) in [6.07, 6.45) is 5.62. The molecule has 1 aliphatic carbocycles. The van der Waals surface area contributed by atoms with Gasteiger partial charge in [-0.25, -0.2) is 0 Å². The topological polar surface area (TPSA) is 58.2 Å². The fourth-order valence-corrected chi connectivity index (χ4v) is 2.73. The zero-order valence-corrected chi connectivity index (χ0v) is 12.7. The molecular formula is C17H24N2O2. The van der Waals surface area contributed by atoms with Crippen molar-refractivity contribution in [2.45, 2.75) is 45.6 Å². The van der Waals surface area contributed by atoms with Crippen molar-refractivity contribution in [1.82, 2.24) is 10.6 Å². The molecule has 0 spiro atoms. The zero-order chi connectivity index (χ0) is 15.1. The molecule has 0 aliphatic heterocycles. The van der Waals surface area contributed by atoms with Crippen LogP contribution in [0.2, 0.25) is 0 Å². The molecule has 0 saturated heterocycles. The van der Waals surface area contributed by atoms with E-state index in [9.17, 15) is 9.59 Å². The largest absolute Gasteiger partial charge is 0.352 e. The predicted octanol–water partition coefficient (Wildman–Crippen LogP) is 2.63. The molecule has 2 N–H and O–H groups in total. The van der Waals surface area contributed by atoms with Crippen molar-refractivity contribution in [2.75, 3.05) is 6.54 Å². The van der Waals surface area contributed by atoms with E-state index in [1.165, 1.54) is 19.3 Å². The van der Waals surface area contributed by atoms with Crippen LogP contribution in [0.15, 0.2) is 24.3 Å². The molecule has 2 amide bonds. The lowest BCUT2D eigenvalue weighted by Crippen LogP contribution is -2.31. The van der Waals surface area contributed by atoms with E-state index >= 15 is 0 Å². The van der Waals surface area contributed by atoms with Crippen LogP contribution in [0.3, 0.4) is 0 Å². The molecule has 0 atom stereocenters. The molecule has 4 nitrogen and oxygen atoms in total. The van der Waals surface area contributed by atoms with Crippen LogP contribution in [-0.4, -0.2) is 18.4 Å². The molecule has 2 rings (SSSR count). The highest BCUT2D eigenvalue weighted by molar-refractivity contribution is 5.94. The Labute approximate surface area is 126 Å². The minimum atomic E-state index is -0.0599. The summed E-state index contributed by atoms with van der Waals surface area (Å²) in [4.78, 5) is 23.7. The predicted molar refractivity (Wildman–Crippen MR) is 82.9 cm³/mol. The van der Waals surface area contributed by atoms with Crippen LogP contribution in [0.5, 0.6) is 0 Å². The number of carbonyl (C=O) groups excluding carboxylic acids is 2. The third kappa shape index (κ3) is 4.59. The summed E-state index contributed by atoms with van der Waals surface area (Å²) in [6.45, 7) is 3.05. The first kappa shape index (κ1) is 15.5. The van der Waals surface area contributed by atoms with Gasteiger partial charge in [0.15, 0.2) is 0 Å². The first-order chi connectivity index (χ1) is 10.2. The fourth-order valence-electron chi connectivity index (χ4n) is 2.73. The number of benzene rings is 1. The van der Waals surface area contributed by atoms with E-state index in [2.05, 4.69) is 10.6 Å². The van der Waals surface area contributed by atoms with Crippen molar-refractivity contribution in [1.29, 1.82) is 0 Å². The fraction of sp³-hybridized carbons (Fsp3) is 0.529. The third-order valence-electron chi connectivity index (χ3n) is 4.00. The highest BCUT2D eigenvalue weighted by atomic mass is 16.2. The first-order valence-corrected chi connectivity index (χ1v) is 7.85. The Hall–Kier alpha value is -1.84. The molecule has 1 saturated carbocycles. The molecule has 1 aromatic rings. The number of amides is 2. The normalized spacial score (nSPS) is 15.5. The van der Waals surface area contributed by atoms with Crippen molar-refractivity contribution in [3.63, 3.8) is 0 Å². The molecule has 0 bridgehead atoms. The van der Waals surface area contributed by atoms with Crippen molar-refractivity contribution in [2.24, 2.45) is 5.92 Å². The van der Waals surface area contributed by atoms with E-state index in [-0.39, 0.29) is 17.7 Å². The van der Waals surface area contributed by atoms with Crippen LogP contribution in [0.4, 0.5) is 0 Å². The molecule has 114 valence electrons. The van der Waals surface area contributed by atoms with E-state index in [0.717, 1.165) is 18.4 Å². The molecule has 1 fully saturated rings. The van der Waals surface area contributed by atoms with Gasteiger partial charge in [-0.05, 0) is 37.5 Å². The summed E-state index contributed by atoms with van der Waals surface area (Å²) in [6, 6.07) is 7.39. The van der Waals surface area contributed by atoms with E-state index in [1.807, 2.05) is 19.1 Å². The van der Waals surface area contributed by atoms with Crippen LogP contribution in [0.1, 0.15) is 54.9 Å². The molecule has 0 heterocycles. The number of hydrogen-bond donors (Lipinski definition) is 2. The Morgan fingerprint density at radius 3 is 2.33 bits per heavy atom. The molecule has 1 aliphatic rings. The number of carbonyl (C=O) groups is 2. The Kier molecular flexibility index (Phi) is 5.78. The second-order valence-corrected chi connectivity index (χ2v) is 5.61. The molecule has 0 aromatic heterocycles. The van der Waals surface area contributed by atoms with Gasteiger partial charge in [-0.1, -0.05) is 31.4 Å². The molecule has 21 heavy (non-hydrogen) atoms. The summed E-state index contributed by atoms with van der Waals surface area (Å²) >= 11 is 0. The molecule has 0 unspecified atom stereocenters. The Morgan fingerprint density at radius 1 is 1.05 bits per heavy atom. The van der Waals surface area contributed by atoms with Gasteiger partial charge in [0.2, 0.25) is 5.91 Å². The van der Waals surface area contributed by atoms with Crippen molar-refractivity contribution < 1.29 is 9.59 Å². The van der Waals surface area contributed by atoms with Gasteiger partial charge < -0.3 is 10.6 Å². The molecular weight excluding hydrogens is 264 g/mol. The zero-order valence-electron chi connectivity index (χ0n) is 12.7. The van der Waals surface area contributed by atoms with Crippen molar-refractivity contribution in [3.8, 4) is 0 Å². The van der Waals surface area contributed by atoms with Gasteiger partial charge in [0.25, 0.3) is 5.91 Å². The summed E-state index contributed by atoms with van der Waals surface area (Å²) < 4.78 is 0. The molecule has 1 aromatic carbocycles. The molecule has 0 radical (unpaired) electrons. The van der Waals surface area contributed by atoms with Crippen molar-refractivity contribution in [3.05, 3.63) is 35.4 Å². The van der Waals surface area contributed by atoms with Gasteiger partial charge in [-0.15, -0.1) is 0 Å². The SMILES string of the molecule is CCNC(=O)c1ccc(CNC(=O)C2CCCCC2)cc1. The van der Waals surface area contributed by atoms with E-state index in [1.54, 1.807) is 12.1 Å². The average Bonchev–Trinajstić information content (AvgIpc) is 2.54. The first-order valence-electron chi connectivity index (χ1n) is 7.85. The van der Waals surface area contributed by atoms with Crippen molar-refractivity contribution >= 4 is 11.8 Å². The lowest BCUT2D eigenvalue weighted by molar-refractivity contribution is -0.126.